The topological polar surface area (TPSA) is 75.9 Å². The van der Waals surface area contributed by atoms with Crippen molar-refractivity contribution in [2.75, 3.05) is 23.3 Å². The summed E-state index contributed by atoms with van der Waals surface area (Å²) in [6.45, 7) is 6.67. The molecule has 4 rings (SSSR count). The molecule has 1 N–H and O–H groups in total. The van der Waals surface area contributed by atoms with Gasteiger partial charge in [-0.1, -0.05) is 36.4 Å². The number of pyridine rings is 1. The molecule has 1 fully saturated rings. The minimum atomic E-state index is -0.272. The lowest BCUT2D eigenvalue weighted by molar-refractivity contribution is 0.102. The molecule has 1 aliphatic rings. The van der Waals surface area contributed by atoms with Gasteiger partial charge in [0.2, 0.25) is 0 Å². The van der Waals surface area contributed by atoms with Gasteiger partial charge < -0.3 is 10.2 Å². The van der Waals surface area contributed by atoms with Crippen LogP contribution in [0.4, 0.5) is 11.5 Å². The third-order valence-corrected chi connectivity index (χ3v) is 5.40. The van der Waals surface area contributed by atoms with Crippen LogP contribution >= 0.6 is 0 Å². The number of carbonyl (C=O) groups is 1. The Morgan fingerprint density at radius 2 is 1.79 bits per heavy atom. The van der Waals surface area contributed by atoms with Crippen molar-refractivity contribution in [2.24, 2.45) is 0 Å². The largest absolute Gasteiger partial charge is 0.357 e. The molecule has 0 atom stereocenters. The van der Waals surface area contributed by atoms with E-state index in [2.05, 4.69) is 56.7 Å². The first-order chi connectivity index (χ1) is 14.1. The van der Waals surface area contributed by atoms with E-state index in [-0.39, 0.29) is 5.91 Å². The fraction of sp³-hybridized carbons (Fsp3) is 0.364. The summed E-state index contributed by atoms with van der Waals surface area (Å²) in [6.07, 6.45) is 5.12. The van der Waals surface area contributed by atoms with Gasteiger partial charge in [-0.15, -0.1) is 5.10 Å². The Morgan fingerprint density at radius 1 is 1.07 bits per heavy atom. The van der Waals surface area contributed by atoms with Crippen LogP contribution in [0.25, 0.3) is 0 Å². The number of aromatic nitrogens is 4. The van der Waals surface area contributed by atoms with Gasteiger partial charge in [-0.2, -0.15) is 0 Å². The average molecular weight is 390 g/mol. The van der Waals surface area contributed by atoms with E-state index in [9.17, 15) is 4.79 Å². The van der Waals surface area contributed by atoms with Crippen LogP contribution in [0.5, 0.6) is 0 Å². The number of amides is 1. The Kier molecular flexibility index (Phi) is 5.55. The van der Waals surface area contributed by atoms with Gasteiger partial charge in [0.15, 0.2) is 5.69 Å². The fourth-order valence-corrected chi connectivity index (χ4v) is 3.56. The molecule has 0 bridgehead atoms. The molecule has 1 saturated heterocycles. The SMILES string of the molecule is CCc1ccc(Cn2nnc(C(=O)Nc3ccc(N4CCCC4)nc3)c2C)cc1. The number of anilines is 2. The maximum atomic E-state index is 12.7. The molecule has 0 spiro atoms. The zero-order chi connectivity index (χ0) is 20.2. The lowest BCUT2D eigenvalue weighted by atomic mass is 10.1. The molecule has 2 aromatic heterocycles. The molecule has 3 aromatic rings. The molecule has 1 aliphatic heterocycles. The Labute approximate surface area is 170 Å². The van der Waals surface area contributed by atoms with Crippen molar-refractivity contribution in [3.63, 3.8) is 0 Å². The van der Waals surface area contributed by atoms with Crippen LogP contribution in [-0.2, 0) is 13.0 Å². The summed E-state index contributed by atoms with van der Waals surface area (Å²) < 4.78 is 1.75. The standard InChI is InChI=1S/C22H26N6O/c1-3-17-6-8-18(9-7-17)15-28-16(2)21(25-26-28)22(29)24-19-10-11-20(23-14-19)27-12-4-5-13-27/h6-11,14H,3-5,12-13,15H2,1-2H3,(H,24,29). The van der Waals surface area contributed by atoms with E-state index in [0.717, 1.165) is 36.6 Å². The molecule has 7 heteroatoms. The van der Waals surface area contributed by atoms with Crippen molar-refractivity contribution in [3.05, 3.63) is 65.1 Å². The number of carbonyl (C=O) groups excluding carboxylic acids is 1. The van der Waals surface area contributed by atoms with Crippen molar-refractivity contribution in [3.8, 4) is 0 Å². The number of hydrogen-bond donors (Lipinski definition) is 1. The molecular formula is C22H26N6O. The van der Waals surface area contributed by atoms with Crippen LogP contribution in [-0.4, -0.2) is 39.0 Å². The fourth-order valence-electron chi connectivity index (χ4n) is 3.56. The van der Waals surface area contributed by atoms with E-state index < -0.39 is 0 Å². The van der Waals surface area contributed by atoms with E-state index in [0.29, 0.717) is 17.9 Å². The highest BCUT2D eigenvalue weighted by molar-refractivity contribution is 6.03. The molecule has 0 aliphatic carbocycles. The predicted molar refractivity (Wildman–Crippen MR) is 113 cm³/mol. The lowest BCUT2D eigenvalue weighted by Crippen LogP contribution is -2.19. The third-order valence-electron chi connectivity index (χ3n) is 5.40. The van der Waals surface area contributed by atoms with Crippen LogP contribution in [0.15, 0.2) is 42.6 Å². The predicted octanol–water partition coefficient (Wildman–Crippen LogP) is 3.44. The molecule has 150 valence electrons. The van der Waals surface area contributed by atoms with Crippen LogP contribution in [0, 0.1) is 6.92 Å². The van der Waals surface area contributed by atoms with Crippen molar-refractivity contribution in [2.45, 2.75) is 39.7 Å². The normalized spacial score (nSPS) is 13.7. The van der Waals surface area contributed by atoms with Crippen LogP contribution < -0.4 is 10.2 Å². The molecule has 29 heavy (non-hydrogen) atoms. The monoisotopic (exact) mass is 390 g/mol. The van der Waals surface area contributed by atoms with E-state index in [4.69, 9.17) is 0 Å². The maximum absolute atomic E-state index is 12.7. The van der Waals surface area contributed by atoms with E-state index in [1.54, 1.807) is 10.9 Å². The van der Waals surface area contributed by atoms with Gasteiger partial charge >= 0.3 is 0 Å². The van der Waals surface area contributed by atoms with Gasteiger partial charge in [0.05, 0.1) is 24.1 Å². The maximum Gasteiger partial charge on any atom is 0.278 e. The molecule has 1 amide bonds. The van der Waals surface area contributed by atoms with Gasteiger partial charge in [-0.05, 0) is 49.4 Å². The quantitative estimate of drug-likeness (QED) is 0.698. The van der Waals surface area contributed by atoms with Crippen LogP contribution in [0.2, 0.25) is 0 Å². The van der Waals surface area contributed by atoms with Gasteiger partial charge in [-0.3, -0.25) is 4.79 Å². The summed E-state index contributed by atoms with van der Waals surface area (Å²) in [5, 5.41) is 11.1. The minimum Gasteiger partial charge on any atom is -0.357 e. The Hall–Kier alpha value is -3.22. The highest BCUT2D eigenvalue weighted by Crippen LogP contribution is 2.19. The first-order valence-electron chi connectivity index (χ1n) is 10.1. The molecule has 0 saturated carbocycles. The first kappa shape index (κ1) is 19.1. The second-order valence-electron chi connectivity index (χ2n) is 7.40. The average Bonchev–Trinajstić information content (AvgIpc) is 3.40. The van der Waals surface area contributed by atoms with Crippen LogP contribution in [0.1, 0.15) is 47.1 Å². The highest BCUT2D eigenvalue weighted by atomic mass is 16.2. The van der Waals surface area contributed by atoms with Crippen molar-refractivity contribution < 1.29 is 4.79 Å². The summed E-state index contributed by atoms with van der Waals surface area (Å²) >= 11 is 0. The summed E-state index contributed by atoms with van der Waals surface area (Å²) in [7, 11) is 0. The Balaban J connectivity index is 1.42. The second-order valence-corrected chi connectivity index (χ2v) is 7.40. The molecule has 0 radical (unpaired) electrons. The molecule has 1 aromatic carbocycles. The summed E-state index contributed by atoms with van der Waals surface area (Å²) in [5.74, 6) is 0.683. The lowest BCUT2D eigenvalue weighted by Gasteiger charge is -2.16. The summed E-state index contributed by atoms with van der Waals surface area (Å²) in [4.78, 5) is 19.4. The van der Waals surface area contributed by atoms with Crippen molar-refractivity contribution in [1.82, 2.24) is 20.0 Å². The number of rotatable bonds is 6. The smallest absolute Gasteiger partial charge is 0.278 e. The molecule has 0 unspecified atom stereocenters. The second kappa shape index (κ2) is 8.43. The number of nitrogens with zero attached hydrogens (tertiary/aromatic N) is 5. The van der Waals surface area contributed by atoms with Gasteiger partial charge in [0, 0.05) is 13.1 Å². The Morgan fingerprint density at radius 3 is 2.45 bits per heavy atom. The number of hydrogen-bond acceptors (Lipinski definition) is 5. The zero-order valence-corrected chi connectivity index (χ0v) is 16.9. The van der Waals surface area contributed by atoms with Gasteiger partial charge in [0.25, 0.3) is 5.91 Å². The zero-order valence-electron chi connectivity index (χ0n) is 16.9. The number of nitrogens with one attached hydrogen (secondary N) is 1. The third kappa shape index (κ3) is 4.29. The first-order valence-corrected chi connectivity index (χ1v) is 10.1. The highest BCUT2D eigenvalue weighted by Gasteiger charge is 2.18. The van der Waals surface area contributed by atoms with Gasteiger partial charge in [0.1, 0.15) is 5.82 Å². The van der Waals surface area contributed by atoms with Crippen molar-refractivity contribution in [1.29, 1.82) is 0 Å². The molecular weight excluding hydrogens is 364 g/mol. The summed E-state index contributed by atoms with van der Waals surface area (Å²) in [5.41, 5.74) is 4.15. The van der Waals surface area contributed by atoms with E-state index >= 15 is 0 Å². The van der Waals surface area contributed by atoms with Crippen molar-refractivity contribution >= 4 is 17.4 Å². The van der Waals surface area contributed by atoms with Crippen LogP contribution in [0.3, 0.4) is 0 Å². The Bertz CT molecular complexity index is 972. The number of aryl methyl sites for hydroxylation is 1. The minimum absolute atomic E-state index is 0.272. The number of benzene rings is 1. The van der Waals surface area contributed by atoms with E-state index in [1.807, 2.05) is 19.1 Å². The molecule has 3 heterocycles. The van der Waals surface area contributed by atoms with Gasteiger partial charge in [-0.25, -0.2) is 9.67 Å². The molecule has 7 nitrogen and oxygen atoms in total. The summed E-state index contributed by atoms with van der Waals surface area (Å²) in [6, 6.07) is 12.3. The van der Waals surface area contributed by atoms with E-state index in [1.165, 1.54) is 18.4 Å².